The lowest BCUT2D eigenvalue weighted by molar-refractivity contribution is -0.138. The van der Waals surface area contributed by atoms with Crippen LogP contribution in [0.15, 0.2) is 103 Å². The monoisotopic (exact) mass is 1010 g/mol. The average molecular weight is 1010 g/mol. The Morgan fingerprint density at radius 3 is 1.45 bits per heavy atom. The molecule has 0 unspecified atom stereocenters. The number of hydrogen-bond donors (Lipinski definition) is 4. The first-order chi connectivity index (χ1) is 26.1. The van der Waals surface area contributed by atoms with E-state index in [4.69, 9.17) is 19.7 Å². The van der Waals surface area contributed by atoms with Gasteiger partial charge in [-0.2, -0.15) is 0 Å². The molecule has 0 radical (unpaired) electrons. The normalized spacial score (nSPS) is 10.8. The minimum absolute atomic E-state index is 0.00416. The molecule has 4 aromatic carbocycles. The highest BCUT2D eigenvalue weighted by molar-refractivity contribution is 9.11. The van der Waals surface area contributed by atoms with Crippen LogP contribution in [0.1, 0.15) is 62.3 Å². The molecule has 0 spiro atoms. The summed E-state index contributed by atoms with van der Waals surface area (Å²) >= 11 is 13.9. The number of halogens is 4. The van der Waals surface area contributed by atoms with E-state index in [0.717, 1.165) is 45.8 Å². The molecule has 0 saturated heterocycles. The Kier molecular flexibility index (Phi) is 19.1. The Hall–Kier alpha value is -3.98. The molecule has 0 saturated carbocycles. The van der Waals surface area contributed by atoms with E-state index in [1.165, 1.54) is 6.08 Å². The fraction of sp³-hybridized carbons (Fsp3) is 0.268. The van der Waals surface area contributed by atoms with Gasteiger partial charge < -0.3 is 30.3 Å². The summed E-state index contributed by atoms with van der Waals surface area (Å²) in [4.78, 5) is 45.0. The average Bonchev–Trinajstić information content (AvgIpc) is 3.09. The summed E-state index contributed by atoms with van der Waals surface area (Å²) in [5, 5.41) is 23.3. The predicted octanol–water partition coefficient (Wildman–Crippen LogP) is 11.1. The molecule has 0 aliphatic carbocycles. The van der Waals surface area contributed by atoms with Crippen LogP contribution < -0.4 is 20.1 Å². The highest BCUT2D eigenvalue weighted by Crippen LogP contribution is 2.37. The van der Waals surface area contributed by atoms with Crippen molar-refractivity contribution in [1.82, 2.24) is 0 Å². The predicted molar refractivity (Wildman–Crippen MR) is 229 cm³/mol. The molecule has 0 heterocycles. The molecule has 14 heteroatoms. The van der Waals surface area contributed by atoms with Crippen molar-refractivity contribution >= 4 is 98.8 Å². The first-order valence-electron chi connectivity index (χ1n) is 17.2. The van der Waals surface area contributed by atoms with Crippen LogP contribution in [0.5, 0.6) is 11.5 Å². The first-order valence-corrected chi connectivity index (χ1v) is 20.4. The van der Waals surface area contributed by atoms with Crippen molar-refractivity contribution < 1.29 is 38.9 Å². The van der Waals surface area contributed by atoms with E-state index in [1.807, 2.05) is 86.6 Å². The number of anilines is 2. The van der Waals surface area contributed by atoms with Crippen LogP contribution in [-0.2, 0) is 45.2 Å². The quantitative estimate of drug-likeness (QED) is 0.0764. The van der Waals surface area contributed by atoms with Crippen molar-refractivity contribution in [3.63, 3.8) is 0 Å². The van der Waals surface area contributed by atoms with Gasteiger partial charge in [0.2, 0.25) is 11.8 Å². The number of hydrogen-bond acceptors (Lipinski definition) is 6. The molecule has 4 aromatic rings. The third-order valence-electron chi connectivity index (χ3n) is 7.45. The number of carbonyl (C=O) groups is 4. The number of carboxylic acids is 2. The van der Waals surface area contributed by atoms with E-state index in [0.29, 0.717) is 55.6 Å². The molecular formula is C41H42Br4N2O8. The van der Waals surface area contributed by atoms with Crippen molar-refractivity contribution in [1.29, 1.82) is 0 Å². The summed E-state index contributed by atoms with van der Waals surface area (Å²) in [6, 6.07) is 22.4. The highest BCUT2D eigenvalue weighted by Gasteiger charge is 2.13. The van der Waals surface area contributed by atoms with E-state index < -0.39 is 11.9 Å². The number of aryl methyl sites for hydroxylation is 2. The zero-order chi connectivity index (χ0) is 40.5. The Balaban J connectivity index is 0.000000296. The van der Waals surface area contributed by atoms with Gasteiger partial charge in [0.15, 0.2) is 0 Å². The summed E-state index contributed by atoms with van der Waals surface area (Å²) in [6.07, 6.45) is 4.67. The van der Waals surface area contributed by atoms with Gasteiger partial charge in [0.25, 0.3) is 0 Å². The number of ether oxygens (including phenoxy) is 2. The maximum atomic E-state index is 11.9. The Morgan fingerprint density at radius 1 is 0.655 bits per heavy atom. The number of carboxylic acid groups (broad SMARTS) is 2. The van der Waals surface area contributed by atoms with Crippen molar-refractivity contribution in [2.75, 3.05) is 10.6 Å². The molecule has 4 rings (SSSR count). The van der Waals surface area contributed by atoms with Crippen LogP contribution in [-0.4, -0.2) is 34.0 Å². The van der Waals surface area contributed by atoms with Gasteiger partial charge in [-0.3, -0.25) is 19.2 Å². The van der Waals surface area contributed by atoms with Crippen LogP contribution >= 0.6 is 63.7 Å². The van der Waals surface area contributed by atoms with Gasteiger partial charge in [0.1, 0.15) is 24.7 Å². The molecule has 55 heavy (non-hydrogen) atoms. The van der Waals surface area contributed by atoms with E-state index in [-0.39, 0.29) is 24.7 Å². The van der Waals surface area contributed by atoms with Crippen LogP contribution in [0, 0.1) is 5.92 Å². The van der Waals surface area contributed by atoms with Crippen LogP contribution in [0.2, 0.25) is 0 Å². The van der Waals surface area contributed by atoms with Crippen molar-refractivity contribution in [3.8, 4) is 11.5 Å². The lowest BCUT2D eigenvalue weighted by atomic mass is 10.1. The maximum absolute atomic E-state index is 11.9. The second kappa shape index (κ2) is 23.2. The molecule has 0 aliphatic heterocycles. The molecule has 0 bridgehead atoms. The Morgan fingerprint density at radius 2 is 1.07 bits per heavy atom. The summed E-state index contributed by atoms with van der Waals surface area (Å²) in [5.41, 5.74) is 5.08. The van der Waals surface area contributed by atoms with Crippen LogP contribution in [0.25, 0.3) is 0 Å². The Labute approximate surface area is 354 Å². The van der Waals surface area contributed by atoms with Gasteiger partial charge in [-0.1, -0.05) is 44.2 Å². The topological polar surface area (TPSA) is 151 Å². The third kappa shape index (κ3) is 16.7. The third-order valence-corrected chi connectivity index (χ3v) is 9.81. The zero-order valence-electron chi connectivity index (χ0n) is 30.5. The summed E-state index contributed by atoms with van der Waals surface area (Å²) < 4.78 is 14.8. The van der Waals surface area contributed by atoms with E-state index >= 15 is 0 Å². The lowest BCUT2D eigenvalue weighted by Crippen LogP contribution is -2.14. The molecule has 292 valence electrons. The van der Waals surface area contributed by atoms with E-state index in [1.54, 1.807) is 13.0 Å². The molecule has 4 N–H and O–H groups in total. The number of allylic oxidation sites excluding steroid dienone is 1. The lowest BCUT2D eigenvalue weighted by Gasteiger charge is -2.13. The number of nitrogens with one attached hydrogen (secondary N) is 2. The number of carbonyl (C=O) groups excluding carboxylic acids is 2. The molecule has 10 nitrogen and oxygen atoms in total. The minimum atomic E-state index is -0.830. The number of benzene rings is 4. The fourth-order valence-corrected chi connectivity index (χ4v) is 8.02. The van der Waals surface area contributed by atoms with Crippen molar-refractivity contribution in [2.45, 2.75) is 66.1 Å². The van der Waals surface area contributed by atoms with Gasteiger partial charge in [-0.15, -0.1) is 0 Å². The second-order valence-electron chi connectivity index (χ2n) is 12.7. The van der Waals surface area contributed by atoms with Gasteiger partial charge in [0, 0.05) is 30.6 Å². The fourth-order valence-electron chi connectivity index (χ4n) is 5.00. The largest absolute Gasteiger partial charge is 0.487 e. The Bertz CT molecular complexity index is 1950. The zero-order valence-corrected chi connectivity index (χ0v) is 36.8. The summed E-state index contributed by atoms with van der Waals surface area (Å²) in [6.45, 7) is 6.45. The van der Waals surface area contributed by atoms with Crippen molar-refractivity contribution in [2.24, 2.45) is 5.92 Å². The molecular weight excluding hydrogens is 968 g/mol. The SMILES string of the molecule is CC(C)CC(=O)Nc1cccc(COc2c(Br)cc(CCC(=O)O)cc2Br)c1.CC=CC(=O)Nc1cccc(COc2c(Br)cc(CCC(=O)O)cc2Br)c1. The van der Waals surface area contributed by atoms with Crippen molar-refractivity contribution in [3.05, 3.63) is 125 Å². The second-order valence-corrected chi connectivity index (χ2v) is 16.1. The van der Waals surface area contributed by atoms with E-state index in [2.05, 4.69) is 74.4 Å². The number of amides is 2. The first kappa shape index (κ1) is 45.4. The highest BCUT2D eigenvalue weighted by atomic mass is 79.9. The maximum Gasteiger partial charge on any atom is 0.303 e. The molecule has 0 aliphatic rings. The molecule has 0 fully saturated rings. The minimum Gasteiger partial charge on any atom is -0.487 e. The summed E-state index contributed by atoms with van der Waals surface area (Å²) in [5.74, 6) is -0.254. The molecule has 2 amide bonds. The smallest absolute Gasteiger partial charge is 0.303 e. The standard InChI is InChI=1S/C21H23Br2NO4.C20H19Br2NO4/c1-13(2)8-19(25)24-16-5-3-4-15(9-16)12-28-21-17(22)10-14(11-18(21)23)6-7-20(26)27;1-2-4-18(24)23-15-6-3-5-14(9-15)12-27-20-16(21)10-13(11-17(20)22)7-8-19(25)26/h3-5,9-11,13H,6-8,12H2,1-2H3,(H,24,25)(H,26,27);2-6,9-11H,7-8,12H2,1H3,(H,23,24)(H,25,26). The van der Waals surface area contributed by atoms with E-state index in [9.17, 15) is 19.2 Å². The van der Waals surface area contributed by atoms with Gasteiger partial charge in [-0.25, -0.2) is 0 Å². The van der Waals surface area contributed by atoms with Gasteiger partial charge in [0.05, 0.1) is 17.9 Å². The number of aliphatic carboxylic acids is 2. The van der Waals surface area contributed by atoms with Crippen LogP contribution in [0.4, 0.5) is 11.4 Å². The van der Waals surface area contributed by atoms with Crippen LogP contribution in [0.3, 0.4) is 0 Å². The van der Waals surface area contributed by atoms with Gasteiger partial charge in [-0.05, 0) is 166 Å². The summed E-state index contributed by atoms with van der Waals surface area (Å²) in [7, 11) is 0. The molecule has 0 aromatic heterocycles. The number of rotatable bonds is 17. The van der Waals surface area contributed by atoms with Gasteiger partial charge >= 0.3 is 11.9 Å². The molecule has 0 atom stereocenters.